The second kappa shape index (κ2) is 7.96. The number of nitrogens with one attached hydrogen (secondary N) is 1. The number of benzene rings is 1. The van der Waals surface area contributed by atoms with Gasteiger partial charge in [0, 0.05) is 18.7 Å². The van der Waals surface area contributed by atoms with Gasteiger partial charge in [0.2, 0.25) is 0 Å². The Hall–Kier alpha value is -0.640. The SMILES string of the molecule is CC(CNCc1cccc(Cl)c1F)CN1CCCCC1. The lowest BCUT2D eigenvalue weighted by Crippen LogP contribution is -2.36. The van der Waals surface area contributed by atoms with Gasteiger partial charge in [0.15, 0.2) is 0 Å². The van der Waals surface area contributed by atoms with Crippen LogP contribution in [-0.4, -0.2) is 31.1 Å². The van der Waals surface area contributed by atoms with Crippen LogP contribution in [0.1, 0.15) is 31.7 Å². The third kappa shape index (κ3) is 4.72. The largest absolute Gasteiger partial charge is 0.312 e. The van der Waals surface area contributed by atoms with Crippen LogP contribution < -0.4 is 5.32 Å². The molecule has 1 atom stereocenters. The summed E-state index contributed by atoms with van der Waals surface area (Å²) >= 11 is 5.77. The summed E-state index contributed by atoms with van der Waals surface area (Å²) in [5, 5.41) is 3.53. The third-order valence-corrected chi connectivity index (χ3v) is 4.15. The highest BCUT2D eigenvalue weighted by Crippen LogP contribution is 2.17. The molecular formula is C16H24ClFN2. The van der Waals surface area contributed by atoms with Gasteiger partial charge in [-0.1, -0.05) is 37.1 Å². The third-order valence-electron chi connectivity index (χ3n) is 3.86. The molecule has 2 rings (SSSR count). The zero-order chi connectivity index (χ0) is 14.4. The van der Waals surface area contributed by atoms with Crippen LogP contribution in [0, 0.1) is 11.7 Å². The Morgan fingerprint density at radius 3 is 2.80 bits per heavy atom. The van der Waals surface area contributed by atoms with Gasteiger partial charge in [-0.2, -0.15) is 0 Å². The van der Waals surface area contributed by atoms with Gasteiger partial charge in [-0.3, -0.25) is 0 Å². The van der Waals surface area contributed by atoms with E-state index in [1.165, 1.54) is 32.4 Å². The summed E-state index contributed by atoms with van der Waals surface area (Å²) in [6.45, 7) is 7.28. The first kappa shape index (κ1) is 15.7. The Labute approximate surface area is 126 Å². The van der Waals surface area contributed by atoms with Crippen molar-refractivity contribution in [3.8, 4) is 0 Å². The van der Waals surface area contributed by atoms with Crippen molar-refractivity contribution in [2.24, 2.45) is 5.92 Å². The Bertz CT molecular complexity index is 419. The quantitative estimate of drug-likeness (QED) is 0.861. The number of nitrogens with zero attached hydrogens (tertiary/aromatic N) is 1. The molecule has 2 nitrogen and oxygen atoms in total. The molecule has 1 fully saturated rings. The average molecular weight is 299 g/mol. The molecule has 1 aliphatic rings. The molecular weight excluding hydrogens is 275 g/mol. The lowest BCUT2D eigenvalue weighted by atomic mass is 10.1. The lowest BCUT2D eigenvalue weighted by Gasteiger charge is -2.29. The van der Waals surface area contributed by atoms with Crippen LogP contribution in [0.3, 0.4) is 0 Å². The molecule has 0 aliphatic carbocycles. The number of piperidine rings is 1. The standard InChI is InChI=1S/C16H24ClFN2/c1-13(12-20-8-3-2-4-9-20)10-19-11-14-6-5-7-15(17)16(14)18/h5-7,13,19H,2-4,8-12H2,1H3. The van der Waals surface area contributed by atoms with Gasteiger partial charge in [0.1, 0.15) is 5.82 Å². The van der Waals surface area contributed by atoms with Crippen molar-refractivity contribution < 1.29 is 4.39 Å². The lowest BCUT2D eigenvalue weighted by molar-refractivity contribution is 0.199. The summed E-state index contributed by atoms with van der Waals surface area (Å²) in [4.78, 5) is 2.54. The molecule has 0 amide bonds. The Morgan fingerprint density at radius 1 is 1.30 bits per heavy atom. The fraction of sp³-hybridized carbons (Fsp3) is 0.625. The van der Waals surface area contributed by atoms with E-state index in [0.29, 0.717) is 18.0 Å². The minimum absolute atomic E-state index is 0.200. The van der Waals surface area contributed by atoms with Gasteiger partial charge in [0.25, 0.3) is 0 Å². The minimum Gasteiger partial charge on any atom is -0.312 e. The first-order valence-corrected chi connectivity index (χ1v) is 7.90. The molecule has 1 aromatic carbocycles. The van der Waals surface area contributed by atoms with Crippen molar-refractivity contribution in [1.82, 2.24) is 10.2 Å². The van der Waals surface area contributed by atoms with E-state index in [4.69, 9.17) is 11.6 Å². The number of halogens is 2. The van der Waals surface area contributed by atoms with Crippen LogP contribution >= 0.6 is 11.6 Å². The van der Waals surface area contributed by atoms with Crippen molar-refractivity contribution in [1.29, 1.82) is 0 Å². The second-order valence-electron chi connectivity index (χ2n) is 5.81. The van der Waals surface area contributed by atoms with Gasteiger partial charge in [-0.25, -0.2) is 4.39 Å². The van der Waals surface area contributed by atoms with E-state index in [1.54, 1.807) is 18.2 Å². The van der Waals surface area contributed by atoms with Gasteiger partial charge < -0.3 is 10.2 Å². The molecule has 112 valence electrons. The van der Waals surface area contributed by atoms with Gasteiger partial charge in [-0.05, 0) is 44.5 Å². The van der Waals surface area contributed by atoms with E-state index in [0.717, 1.165) is 13.1 Å². The summed E-state index contributed by atoms with van der Waals surface area (Å²) in [5.41, 5.74) is 0.641. The van der Waals surface area contributed by atoms with E-state index in [2.05, 4.69) is 17.1 Å². The number of hydrogen-bond donors (Lipinski definition) is 1. The number of hydrogen-bond acceptors (Lipinski definition) is 2. The summed E-state index contributed by atoms with van der Waals surface area (Å²) in [7, 11) is 0. The zero-order valence-corrected chi connectivity index (χ0v) is 12.9. The highest BCUT2D eigenvalue weighted by molar-refractivity contribution is 6.30. The first-order chi connectivity index (χ1) is 9.66. The van der Waals surface area contributed by atoms with E-state index in [1.807, 2.05) is 0 Å². The van der Waals surface area contributed by atoms with Gasteiger partial charge in [-0.15, -0.1) is 0 Å². The van der Waals surface area contributed by atoms with Crippen molar-refractivity contribution in [3.63, 3.8) is 0 Å². The van der Waals surface area contributed by atoms with E-state index < -0.39 is 0 Å². The van der Waals surface area contributed by atoms with E-state index in [9.17, 15) is 4.39 Å². The van der Waals surface area contributed by atoms with Crippen LogP contribution in [0.4, 0.5) is 4.39 Å². The molecule has 20 heavy (non-hydrogen) atoms. The van der Waals surface area contributed by atoms with E-state index >= 15 is 0 Å². The van der Waals surface area contributed by atoms with Crippen LogP contribution in [0.15, 0.2) is 18.2 Å². The average Bonchev–Trinajstić information content (AvgIpc) is 2.44. The molecule has 4 heteroatoms. The Balaban J connectivity index is 1.70. The predicted molar refractivity (Wildman–Crippen MR) is 82.6 cm³/mol. The molecule has 1 N–H and O–H groups in total. The molecule has 0 saturated carbocycles. The van der Waals surface area contributed by atoms with Crippen LogP contribution in [-0.2, 0) is 6.54 Å². The maximum atomic E-state index is 13.7. The highest BCUT2D eigenvalue weighted by Gasteiger charge is 2.13. The molecule has 0 aromatic heterocycles. The zero-order valence-electron chi connectivity index (χ0n) is 12.2. The monoisotopic (exact) mass is 298 g/mol. The fourth-order valence-electron chi connectivity index (χ4n) is 2.79. The fourth-order valence-corrected chi connectivity index (χ4v) is 2.98. The molecule has 1 unspecified atom stereocenters. The first-order valence-electron chi connectivity index (χ1n) is 7.53. The summed E-state index contributed by atoms with van der Waals surface area (Å²) in [6, 6.07) is 5.16. The highest BCUT2D eigenvalue weighted by atomic mass is 35.5. The van der Waals surface area contributed by atoms with Gasteiger partial charge >= 0.3 is 0 Å². The Kier molecular flexibility index (Phi) is 6.27. The molecule has 1 aliphatic heterocycles. The summed E-state index contributed by atoms with van der Waals surface area (Å²) in [5.74, 6) is 0.278. The maximum absolute atomic E-state index is 13.7. The molecule has 0 radical (unpaired) electrons. The van der Waals surface area contributed by atoms with Gasteiger partial charge in [0.05, 0.1) is 5.02 Å². The van der Waals surface area contributed by atoms with E-state index in [-0.39, 0.29) is 10.8 Å². The predicted octanol–water partition coefficient (Wildman–Crippen LogP) is 3.69. The molecule has 1 aromatic rings. The normalized spacial score (nSPS) is 18.1. The summed E-state index contributed by atoms with van der Waals surface area (Å²) in [6.07, 6.45) is 4.03. The number of likely N-dealkylation sites (tertiary alicyclic amines) is 1. The second-order valence-corrected chi connectivity index (χ2v) is 6.22. The molecule has 1 heterocycles. The molecule has 0 spiro atoms. The summed E-state index contributed by atoms with van der Waals surface area (Å²) < 4.78 is 13.7. The molecule has 1 saturated heterocycles. The minimum atomic E-state index is -0.301. The molecule has 0 bridgehead atoms. The van der Waals surface area contributed by atoms with Crippen molar-refractivity contribution in [3.05, 3.63) is 34.6 Å². The van der Waals surface area contributed by atoms with Crippen LogP contribution in [0.2, 0.25) is 5.02 Å². The van der Waals surface area contributed by atoms with Crippen molar-refractivity contribution >= 4 is 11.6 Å². The maximum Gasteiger partial charge on any atom is 0.146 e. The van der Waals surface area contributed by atoms with Crippen LogP contribution in [0.25, 0.3) is 0 Å². The van der Waals surface area contributed by atoms with Crippen LogP contribution in [0.5, 0.6) is 0 Å². The smallest absolute Gasteiger partial charge is 0.146 e. The topological polar surface area (TPSA) is 15.3 Å². The number of rotatable bonds is 6. The van der Waals surface area contributed by atoms with Crippen molar-refractivity contribution in [2.75, 3.05) is 26.2 Å². The Morgan fingerprint density at radius 2 is 2.05 bits per heavy atom. The van der Waals surface area contributed by atoms with Crippen molar-refractivity contribution in [2.45, 2.75) is 32.7 Å².